The number of allylic oxidation sites excluding steroid dienone is 1. The molecule has 8 nitrogen and oxygen atoms in total. The average Bonchev–Trinajstić information content (AvgIpc) is 3.38. The Labute approximate surface area is 252 Å². The quantitative estimate of drug-likeness (QED) is 0.0582. The molecule has 0 fully saturated rings. The standard InChI is InChI=1S/C32H23F5N4O4/c1-17(42)39-23-7-5-18(6-8-23)16-38-24-9-10-26-27(15-24)41-31(40-26)28(30(44)20-11-21(33)14-22(34)12-20)29(43)19-3-2-4-25(13-19)45-32(35,36)37/h2-15,38,44H,16H2,1H3,(H,39,42)(H,40,41)/b30-28-. The van der Waals surface area contributed by atoms with Crippen LogP contribution in [0.4, 0.5) is 33.3 Å². The lowest BCUT2D eigenvalue weighted by molar-refractivity contribution is -0.274. The van der Waals surface area contributed by atoms with Gasteiger partial charge in [0.2, 0.25) is 11.7 Å². The number of amides is 1. The number of aromatic amines is 1. The first-order chi connectivity index (χ1) is 21.3. The molecule has 0 saturated heterocycles. The summed E-state index contributed by atoms with van der Waals surface area (Å²) in [5.74, 6) is -5.00. The molecule has 1 heterocycles. The molecule has 230 valence electrons. The van der Waals surface area contributed by atoms with Crippen molar-refractivity contribution in [3.8, 4) is 5.75 Å². The van der Waals surface area contributed by atoms with Crippen LogP contribution in [0, 0.1) is 11.6 Å². The molecule has 5 aromatic rings. The number of nitrogens with zero attached hydrogens (tertiary/aromatic N) is 1. The van der Waals surface area contributed by atoms with Gasteiger partial charge in [0.1, 0.15) is 34.5 Å². The fraction of sp³-hybridized carbons (Fsp3) is 0.0938. The molecule has 4 N–H and O–H groups in total. The maximum Gasteiger partial charge on any atom is 0.573 e. The lowest BCUT2D eigenvalue weighted by Gasteiger charge is -2.12. The Balaban J connectivity index is 1.50. The second kappa shape index (κ2) is 12.5. The maximum atomic E-state index is 14.0. The number of carbonyl (C=O) groups excluding carboxylic acids is 2. The van der Waals surface area contributed by atoms with Gasteiger partial charge in [-0.05, 0) is 60.2 Å². The third-order valence-electron chi connectivity index (χ3n) is 6.42. The zero-order valence-corrected chi connectivity index (χ0v) is 23.3. The van der Waals surface area contributed by atoms with E-state index in [2.05, 4.69) is 25.3 Å². The van der Waals surface area contributed by atoms with Gasteiger partial charge in [0.05, 0.1) is 11.0 Å². The Hall–Kier alpha value is -5.72. The summed E-state index contributed by atoms with van der Waals surface area (Å²) in [6.07, 6.45) is -5.03. The summed E-state index contributed by atoms with van der Waals surface area (Å²) in [4.78, 5) is 32.2. The van der Waals surface area contributed by atoms with Crippen molar-refractivity contribution in [1.82, 2.24) is 9.97 Å². The molecule has 4 aromatic carbocycles. The molecule has 45 heavy (non-hydrogen) atoms. The second-order valence-corrected chi connectivity index (χ2v) is 9.84. The van der Waals surface area contributed by atoms with Crippen LogP contribution in [0.2, 0.25) is 0 Å². The lowest BCUT2D eigenvalue weighted by atomic mass is 9.98. The molecule has 0 atom stereocenters. The smallest absolute Gasteiger partial charge is 0.506 e. The Kier molecular flexibility index (Phi) is 8.52. The number of ether oxygens (including phenoxy) is 1. The minimum absolute atomic E-state index is 0.187. The first-order valence-electron chi connectivity index (χ1n) is 13.3. The molecule has 0 aliphatic carbocycles. The van der Waals surface area contributed by atoms with E-state index < -0.39 is 46.4 Å². The van der Waals surface area contributed by atoms with Crippen molar-refractivity contribution in [2.45, 2.75) is 19.8 Å². The molecular weight excluding hydrogens is 599 g/mol. The lowest BCUT2D eigenvalue weighted by Crippen LogP contribution is -2.17. The van der Waals surface area contributed by atoms with Crippen LogP contribution in [0.3, 0.4) is 0 Å². The van der Waals surface area contributed by atoms with Crippen LogP contribution < -0.4 is 15.4 Å². The zero-order chi connectivity index (χ0) is 32.3. The van der Waals surface area contributed by atoms with Gasteiger partial charge < -0.3 is 25.5 Å². The van der Waals surface area contributed by atoms with E-state index in [1.54, 1.807) is 30.3 Å². The van der Waals surface area contributed by atoms with E-state index in [1.165, 1.54) is 13.0 Å². The Bertz CT molecular complexity index is 1910. The summed E-state index contributed by atoms with van der Waals surface area (Å²) in [6, 6.07) is 18.5. The van der Waals surface area contributed by atoms with E-state index in [-0.39, 0.29) is 17.3 Å². The Morgan fingerprint density at radius 1 is 0.889 bits per heavy atom. The van der Waals surface area contributed by atoms with Gasteiger partial charge in [-0.3, -0.25) is 9.59 Å². The Morgan fingerprint density at radius 3 is 2.24 bits per heavy atom. The van der Waals surface area contributed by atoms with E-state index in [1.807, 2.05) is 12.1 Å². The number of aromatic nitrogens is 2. The molecule has 0 aliphatic rings. The topological polar surface area (TPSA) is 116 Å². The predicted molar refractivity (Wildman–Crippen MR) is 157 cm³/mol. The zero-order valence-electron chi connectivity index (χ0n) is 23.3. The van der Waals surface area contributed by atoms with Crippen LogP contribution in [-0.4, -0.2) is 33.1 Å². The average molecular weight is 623 g/mol. The number of fused-ring (bicyclic) bond motifs is 1. The van der Waals surface area contributed by atoms with Crippen molar-refractivity contribution < 1.29 is 41.4 Å². The van der Waals surface area contributed by atoms with E-state index >= 15 is 0 Å². The number of benzene rings is 4. The van der Waals surface area contributed by atoms with Crippen molar-refractivity contribution in [2.24, 2.45) is 0 Å². The summed E-state index contributed by atoms with van der Waals surface area (Å²) in [6.45, 7) is 1.83. The number of alkyl halides is 3. The van der Waals surface area contributed by atoms with Gasteiger partial charge in [0.15, 0.2) is 0 Å². The van der Waals surface area contributed by atoms with E-state index in [0.29, 0.717) is 35.0 Å². The number of anilines is 2. The van der Waals surface area contributed by atoms with Crippen molar-refractivity contribution in [3.63, 3.8) is 0 Å². The normalized spacial score (nSPS) is 12.0. The third kappa shape index (κ3) is 7.63. The monoisotopic (exact) mass is 622 g/mol. The van der Waals surface area contributed by atoms with Gasteiger partial charge in [-0.2, -0.15) is 0 Å². The number of imidazole rings is 1. The van der Waals surface area contributed by atoms with E-state index in [9.17, 15) is 36.6 Å². The molecule has 0 unspecified atom stereocenters. The molecule has 13 heteroatoms. The van der Waals surface area contributed by atoms with Crippen LogP contribution >= 0.6 is 0 Å². The van der Waals surface area contributed by atoms with Crippen LogP contribution in [0.15, 0.2) is 84.9 Å². The summed E-state index contributed by atoms with van der Waals surface area (Å²) >= 11 is 0. The summed E-state index contributed by atoms with van der Waals surface area (Å²) in [5, 5.41) is 17.1. The summed E-state index contributed by atoms with van der Waals surface area (Å²) in [5.41, 5.74) is 1.72. The first-order valence-corrected chi connectivity index (χ1v) is 13.3. The minimum Gasteiger partial charge on any atom is -0.506 e. The fourth-order valence-electron chi connectivity index (χ4n) is 4.49. The van der Waals surface area contributed by atoms with Crippen molar-refractivity contribution in [1.29, 1.82) is 0 Å². The fourth-order valence-corrected chi connectivity index (χ4v) is 4.49. The number of carbonyl (C=O) groups is 2. The predicted octanol–water partition coefficient (Wildman–Crippen LogP) is 7.62. The van der Waals surface area contributed by atoms with Gasteiger partial charge in [-0.1, -0.05) is 24.3 Å². The maximum absolute atomic E-state index is 14.0. The summed E-state index contributed by atoms with van der Waals surface area (Å²) < 4.78 is 70.5. The highest BCUT2D eigenvalue weighted by molar-refractivity contribution is 6.33. The number of ketones is 1. The third-order valence-corrected chi connectivity index (χ3v) is 6.42. The number of Topliss-reactive ketones (excluding diaryl/α,β-unsaturated/α-hetero) is 1. The van der Waals surface area contributed by atoms with E-state index in [0.717, 1.165) is 35.9 Å². The molecule has 0 aliphatic heterocycles. The van der Waals surface area contributed by atoms with Crippen molar-refractivity contribution >= 4 is 45.4 Å². The van der Waals surface area contributed by atoms with Gasteiger partial charge in [-0.25, -0.2) is 13.8 Å². The molecule has 0 spiro atoms. The second-order valence-electron chi connectivity index (χ2n) is 9.84. The highest BCUT2D eigenvalue weighted by Crippen LogP contribution is 2.31. The molecule has 5 rings (SSSR count). The van der Waals surface area contributed by atoms with Crippen molar-refractivity contribution in [2.75, 3.05) is 10.6 Å². The Morgan fingerprint density at radius 2 is 1.58 bits per heavy atom. The molecular formula is C32H23F5N4O4. The number of hydrogen-bond donors (Lipinski definition) is 4. The van der Waals surface area contributed by atoms with Crippen LogP contribution in [0.25, 0.3) is 22.4 Å². The SMILES string of the molecule is CC(=O)Nc1ccc(CNc2ccc3nc(/C(C(=O)c4cccc(OC(F)(F)F)c4)=C(\O)c4cc(F)cc(F)c4)[nH]c3c2)cc1. The largest absolute Gasteiger partial charge is 0.573 e. The minimum atomic E-state index is -5.03. The number of rotatable bonds is 9. The highest BCUT2D eigenvalue weighted by atomic mass is 19.4. The van der Waals surface area contributed by atoms with Crippen molar-refractivity contribution in [3.05, 3.63) is 119 Å². The van der Waals surface area contributed by atoms with Gasteiger partial charge >= 0.3 is 6.36 Å². The first kappa shape index (κ1) is 30.7. The molecule has 0 radical (unpaired) electrons. The molecule has 1 amide bonds. The molecule has 0 saturated carbocycles. The number of H-pyrrole nitrogens is 1. The van der Waals surface area contributed by atoms with Crippen LogP contribution in [-0.2, 0) is 11.3 Å². The number of aliphatic hydroxyl groups excluding tert-OH is 1. The number of nitrogens with one attached hydrogen (secondary N) is 3. The van der Waals surface area contributed by atoms with Gasteiger partial charge in [0, 0.05) is 42.0 Å². The van der Waals surface area contributed by atoms with E-state index in [4.69, 9.17) is 0 Å². The van der Waals surface area contributed by atoms with Gasteiger partial charge in [-0.15, -0.1) is 13.2 Å². The van der Waals surface area contributed by atoms with Crippen LogP contribution in [0.5, 0.6) is 5.75 Å². The van der Waals surface area contributed by atoms with Crippen LogP contribution in [0.1, 0.15) is 34.2 Å². The number of hydrogen-bond acceptors (Lipinski definition) is 6. The highest BCUT2D eigenvalue weighted by Gasteiger charge is 2.32. The molecule has 0 bridgehead atoms. The number of halogens is 5. The summed E-state index contributed by atoms with van der Waals surface area (Å²) in [7, 11) is 0. The van der Waals surface area contributed by atoms with Gasteiger partial charge in [0.25, 0.3) is 0 Å². The number of aliphatic hydroxyl groups is 1. The molecule has 1 aromatic heterocycles.